The van der Waals surface area contributed by atoms with E-state index in [-0.39, 0.29) is 29.4 Å². The Kier molecular flexibility index (Phi) is 9.11. The number of ether oxygens (including phenoxy) is 1. The number of pyridine rings is 1. The molecule has 0 aliphatic rings. The van der Waals surface area contributed by atoms with E-state index in [1.165, 1.54) is 29.0 Å². The summed E-state index contributed by atoms with van der Waals surface area (Å²) in [6.45, 7) is 1.17. The Hall–Kier alpha value is -5.28. The summed E-state index contributed by atoms with van der Waals surface area (Å²) < 4.78 is 36.5. The zero-order valence-electron chi connectivity index (χ0n) is 24.4. The smallest absolute Gasteiger partial charge is 0.415 e. The molecular formula is C30H27F2N7O5S. The summed E-state index contributed by atoms with van der Waals surface area (Å²) in [7, 11) is 3.57. The number of rotatable bonds is 10. The number of nitro benzene ring substituents is 1. The molecule has 2 aromatic carbocycles. The number of nitrogens with zero attached hydrogens (tertiary/aromatic N) is 6. The number of nitrogens with one attached hydrogen (secondary N) is 1. The number of fused-ring (bicyclic) bond motifs is 1. The molecule has 0 fully saturated rings. The maximum absolute atomic E-state index is 14.9. The minimum Gasteiger partial charge on any atom is -0.449 e. The van der Waals surface area contributed by atoms with Crippen LogP contribution in [-0.2, 0) is 17.8 Å². The topological polar surface area (TPSA) is 135 Å². The van der Waals surface area contributed by atoms with E-state index in [1.54, 1.807) is 51.5 Å². The molecule has 12 nitrogen and oxygen atoms in total. The number of amides is 2. The van der Waals surface area contributed by atoms with E-state index < -0.39 is 40.7 Å². The van der Waals surface area contributed by atoms with Crippen molar-refractivity contribution in [3.63, 3.8) is 0 Å². The summed E-state index contributed by atoms with van der Waals surface area (Å²) in [5.74, 6) is -2.37. The van der Waals surface area contributed by atoms with Gasteiger partial charge >= 0.3 is 6.09 Å². The third-order valence-electron chi connectivity index (χ3n) is 6.67. The van der Waals surface area contributed by atoms with Crippen LogP contribution in [0.25, 0.3) is 16.1 Å². The first kappa shape index (κ1) is 31.2. The number of carbonyl (C=O) groups is 2. The number of thiophene rings is 1. The van der Waals surface area contributed by atoms with Crippen LogP contribution in [-0.4, -0.2) is 57.1 Å². The molecule has 0 aliphatic carbocycles. The van der Waals surface area contributed by atoms with Crippen LogP contribution < -0.4 is 10.2 Å². The Morgan fingerprint density at radius 2 is 1.76 bits per heavy atom. The quantitative estimate of drug-likeness (QED) is 0.143. The summed E-state index contributed by atoms with van der Waals surface area (Å²) in [5, 5.41) is 18.3. The van der Waals surface area contributed by atoms with Gasteiger partial charge in [0.2, 0.25) is 0 Å². The summed E-state index contributed by atoms with van der Waals surface area (Å²) in [4.78, 5) is 45.9. The van der Waals surface area contributed by atoms with Crippen molar-refractivity contribution in [3.05, 3.63) is 106 Å². The molecule has 0 bridgehead atoms. The maximum atomic E-state index is 14.9. The lowest BCUT2D eigenvalue weighted by Gasteiger charge is -2.23. The number of anilines is 2. The van der Waals surface area contributed by atoms with Crippen LogP contribution in [0.4, 0.5) is 30.0 Å². The number of nitro groups is 1. The lowest BCUT2D eigenvalue weighted by Crippen LogP contribution is -2.33. The van der Waals surface area contributed by atoms with E-state index in [9.17, 15) is 28.5 Å². The van der Waals surface area contributed by atoms with Crippen molar-refractivity contribution in [1.82, 2.24) is 19.5 Å². The van der Waals surface area contributed by atoms with Crippen molar-refractivity contribution < 1.29 is 28.0 Å². The minimum absolute atomic E-state index is 0.0420. The standard InChI is InChI=1S/C30H27F2N7O5S/c1-4-44-30(41)37(16-21-23(31)6-5-7-24(21)32)29-26(28(40)35-19-10-13-25-33-17-34-38(25)14-19)22(15-36(2)3)27(45-29)18-8-11-20(12-9-18)39(42)43/h5-14,17H,4,15-16H2,1-3H3,(H,35,40). The van der Waals surface area contributed by atoms with E-state index in [1.807, 2.05) is 4.90 Å². The van der Waals surface area contributed by atoms with Crippen molar-refractivity contribution >= 4 is 45.4 Å². The molecular weight excluding hydrogens is 608 g/mol. The molecule has 45 heavy (non-hydrogen) atoms. The first-order chi connectivity index (χ1) is 21.6. The van der Waals surface area contributed by atoms with E-state index >= 15 is 0 Å². The Morgan fingerprint density at radius 3 is 2.40 bits per heavy atom. The molecule has 0 saturated heterocycles. The lowest BCUT2D eigenvalue weighted by molar-refractivity contribution is -0.384. The fourth-order valence-corrected chi connectivity index (χ4v) is 5.96. The molecule has 5 aromatic rings. The van der Waals surface area contributed by atoms with Gasteiger partial charge in [0.15, 0.2) is 5.65 Å². The highest BCUT2D eigenvalue weighted by Crippen LogP contribution is 2.44. The third kappa shape index (κ3) is 6.63. The Morgan fingerprint density at radius 1 is 1.04 bits per heavy atom. The molecule has 2 amide bonds. The maximum Gasteiger partial charge on any atom is 0.415 e. The monoisotopic (exact) mass is 635 g/mol. The van der Waals surface area contributed by atoms with E-state index in [0.717, 1.165) is 28.4 Å². The van der Waals surface area contributed by atoms with Gasteiger partial charge < -0.3 is 15.0 Å². The van der Waals surface area contributed by atoms with Gasteiger partial charge in [-0.05, 0) is 68.5 Å². The summed E-state index contributed by atoms with van der Waals surface area (Å²) >= 11 is 1.03. The second-order valence-corrected chi connectivity index (χ2v) is 11.1. The second kappa shape index (κ2) is 13.2. The molecule has 232 valence electrons. The van der Waals surface area contributed by atoms with Gasteiger partial charge in [0.1, 0.15) is 23.0 Å². The van der Waals surface area contributed by atoms with E-state index in [4.69, 9.17) is 4.74 Å². The van der Waals surface area contributed by atoms with Gasteiger partial charge in [0.25, 0.3) is 11.6 Å². The molecule has 0 radical (unpaired) electrons. The third-order valence-corrected chi connectivity index (χ3v) is 7.98. The van der Waals surface area contributed by atoms with Gasteiger partial charge in [-0.1, -0.05) is 6.07 Å². The number of aromatic nitrogens is 3. The van der Waals surface area contributed by atoms with E-state index in [2.05, 4.69) is 15.4 Å². The van der Waals surface area contributed by atoms with Crippen molar-refractivity contribution in [2.24, 2.45) is 0 Å². The molecule has 3 heterocycles. The van der Waals surface area contributed by atoms with Crippen LogP contribution in [0.15, 0.2) is 67.1 Å². The van der Waals surface area contributed by atoms with Crippen LogP contribution >= 0.6 is 11.3 Å². The van der Waals surface area contributed by atoms with Gasteiger partial charge in [0, 0.05) is 29.1 Å². The fraction of sp³-hybridized carbons (Fsp3) is 0.200. The zero-order valence-corrected chi connectivity index (χ0v) is 25.2. The molecule has 0 unspecified atom stereocenters. The van der Waals surface area contributed by atoms with Crippen LogP contribution in [0.3, 0.4) is 0 Å². The SMILES string of the molecule is CCOC(=O)N(Cc1c(F)cccc1F)c1sc(-c2ccc([N+](=O)[O-])cc2)c(CN(C)C)c1C(=O)Nc1ccc2ncnn2c1. The Bertz CT molecular complexity index is 1870. The largest absolute Gasteiger partial charge is 0.449 e. The van der Waals surface area contributed by atoms with Crippen LogP contribution in [0.5, 0.6) is 0 Å². The fourth-order valence-electron chi connectivity index (χ4n) is 4.66. The normalized spacial score (nSPS) is 11.2. The zero-order chi connectivity index (χ0) is 32.2. The summed E-state index contributed by atoms with van der Waals surface area (Å²) in [6.07, 6.45) is 2.00. The number of hydrogen-bond donors (Lipinski definition) is 1. The molecule has 15 heteroatoms. The highest BCUT2D eigenvalue weighted by atomic mass is 32.1. The van der Waals surface area contributed by atoms with E-state index in [0.29, 0.717) is 27.3 Å². The first-order valence-corrected chi connectivity index (χ1v) is 14.4. The van der Waals surface area contributed by atoms with Gasteiger partial charge in [-0.3, -0.25) is 19.8 Å². The van der Waals surface area contributed by atoms with Crippen molar-refractivity contribution in [2.45, 2.75) is 20.0 Å². The average Bonchev–Trinajstić information content (AvgIpc) is 3.61. The molecule has 0 atom stereocenters. The van der Waals surface area contributed by atoms with Gasteiger partial charge in [0.05, 0.1) is 35.5 Å². The summed E-state index contributed by atoms with van der Waals surface area (Å²) in [5.41, 5.74) is 1.47. The number of carbonyl (C=O) groups excluding carboxylic acids is 2. The van der Waals surface area contributed by atoms with Gasteiger partial charge in [-0.15, -0.1) is 11.3 Å². The van der Waals surface area contributed by atoms with Crippen LogP contribution in [0, 0.1) is 21.7 Å². The van der Waals surface area contributed by atoms with Crippen molar-refractivity contribution in [3.8, 4) is 10.4 Å². The van der Waals surface area contributed by atoms with Crippen molar-refractivity contribution in [1.29, 1.82) is 0 Å². The summed E-state index contributed by atoms with van der Waals surface area (Å²) in [6, 6.07) is 12.4. The highest BCUT2D eigenvalue weighted by molar-refractivity contribution is 7.20. The van der Waals surface area contributed by atoms with Gasteiger partial charge in [-0.25, -0.2) is 23.1 Å². The van der Waals surface area contributed by atoms with Crippen LogP contribution in [0.1, 0.15) is 28.4 Å². The molecule has 0 aliphatic heterocycles. The lowest BCUT2D eigenvalue weighted by atomic mass is 10.0. The predicted molar refractivity (Wildman–Crippen MR) is 164 cm³/mol. The second-order valence-electron chi connectivity index (χ2n) is 10.1. The average molecular weight is 636 g/mol. The number of benzene rings is 2. The first-order valence-electron chi connectivity index (χ1n) is 13.6. The predicted octanol–water partition coefficient (Wildman–Crippen LogP) is 6.12. The van der Waals surface area contributed by atoms with Crippen LogP contribution in [0.2, 0.25) is 0 Å². The molecule has 1 N–H and O–H groups in total. The molecule has 0 spiro atoms. The van der Waals surface area contributed by atoms with Gasteiger partial charge in [-0.2, -0.15) is 5.10 Å². The molecule has 5 rings (SSSR count). The number of non-ortho nitro benzene ring substituents is 1. The highest BCUT2D eigenvalue weighted by Gasteiger charge is 2.33. The number of hydrogen-bond acceptors (Lipinski definition) is 9. The molecule has 0 saturated carbocycles. The Labute approximate surface area is 259 Å². The molecule has 3 aromatic heterocycles. The Balaban J connectivity index is 1.72. The minimum atomic E-state index is -0.925. The van der Waals surface area contributed by atoms with Crippen molar-refractivity contribution in [2.75, 3.05) is 30.9 Å². The number of halogens is 2.